The number of benzene rings is 2. The number of methoxy groups -OCH3 is 1. The highest BCUT2D eigenvalue weighted by Crippen LogP contribution is 2.30. The topological polar surface area (TPSA) is 133 Å². The van der Waals surface area contributed by atoms with Gasteiger partial charge in [-0.2, -0.15) is 11.8 Å². The monoisotopic (exact) mass is 466 g/mol. The molecular formula is C20H22N2O7S2. The second kappa shape index (κ2) is 9.48. The summed E-state index contributed by atoms with van der Waals surface area (Å²) >= 11 is 1.80. The Morgan fingerprint density at radius 1 is 1.13 bits per heavy atom. The largest absolute Gasteiger partial charge is 0.495 e. The Morgan fingerprint density at radius 2 is 1.84 bits per heavy atom. The number of carboxylic acid groups (broad SMARTS) is 2. The number of anilines is 2. The van der Waals surface area contributed by atoms with Crippen LogP contribution >= 0.6 is 11.8 Å². The number of hydrogen-bond acceptors (Lipinski definition) is 7. The molecule has 11 heteroatoms. The van der Waals surface area contributed by atoms with Crippen LogP contribution < -0.4 is 14.4 Å². The minimum atomic E-state index is -4.17. The standard InChI is InChI=1S/C20H22N2O7S2/c1-29-17-5-2-13(11-19(23)24)10-18(17)31(27,28)21-14-3-4-16(15(12-14)20(25)26)22-6-8-30-9-7-22/h2-5,10,12,21H,6-9,11H2,1H3,(H,23,24)(H,25,26). The van der Waals surface area contributed by atoms with Crippen LogP contribution in [0.15, 0.2) is 41.3 Å². The number of carbonyl (C=O) groups is 2. The van der Waals surface area contributed by atoms with Crippen molar-refractivity contribution in [2.75, 3.05) is 41.3 Å². The molecule has 31 heavy (non-hydrogen) atoms. The van der Waals surface area contributed by atoms with E-state index in [0.717, 1.165) is 11.5 Å². The SMILES string of the molecule is COc1ccc(CC(=O)O)cc1S(=O)(=O)Nc1ccc(N2CCSCC2)c(C(=O)O)c1. The first-order valence-corrected chi connectivity index (χ1v) is 12.0. The van der Waals surface area contributed by atoms with E-state index in [-0.39, 0.29) is 28.3 Å². The fourth-order valence-corrected chi connectivity index (χ4v) is 5.45. The Balaban J connectivity index is 1.95. The van der Waals surface area contributed by atoms with Gasteiger partial charge in [0.2, 0.25) is 0 Å². The van der Waals surface area contributed by atoms with Crippen molar-refractivity contribution in [2.24, 2.45) is 0 Å². The van der Waals surface area contributed by atoms with Gasteiger partial charge in [0.15, 0.2) is 0 Å². The molecule has 1 fully saturated rings. The highest BCUT2D eigenvalue weighted by Gasteiger charge is 2.23. The fraction of sp³-hybridized carbons (Fsp3) is 0.300. The molecule has 0 saturated carbocycles. The summed E-state index contributed by atoms with van der Waals surface area (Å²) in [4.78, 5) is 24.5. The highest BCUT2D eigenvalue weighted by molar-refractivity contribution is 7.99. The van der Waals surface area contributed by atoms with E-state index in [1.165, 1.54) is 37.4 Å². The molecule has 2 aromatic carbocycles. The van der Waals surface area contributed by atoms with E-state index in [4.69, 9.17) is 9.84 Å². The zero-order valence-electron chi connectivity index (χ0n) is 16.7. The molecule has 0 aliphatic carbocycles. The van der Waals surface area contributed by atoms with Crippen LogP contribution in [0, 0.1) is 0 Å². The summed E-state index contributed by atoms with van der Waals surface area (Å²) in [5.74, 6) is -0.433. The summed E-state index contributed by atoms with van der Waals surface area (Å²) < 4.78 is 33.5. The van der Waals surface area contributed by atoms with Gasteiger partial charge in [-0.25, -0.2) is 13.2 Å². The van der Waals surface area contributed by atoms with Crippen LogP contribution in [0.4, 0.5) is 11.4 Å². The normalized spacial score (nSPS) is 14.2. The molecule has 9 nitrogen and oxygen atoms in total. The third-order valence-corrected chi connectivity index (χ3v) is 7.05. The molecule has 1 heterocycles. The average molecular weight is 467 g/mol. The molecule has 3 N–H and O–H groups in total. The first-order valence-electron chi connectivity index (χ1n) is 9.33. The molecule has 3 rings (SSSR count). The van der Waals surface area contributed by atoms with Gasteiger partial charge < -0.3 is 19.8 Å². The molecule has 0 atom stereocenters. The summed E-state index contributed by atoms with van der Waals surface area (Å²) in [6.07, 6.45) is -0.349. The van der Waals surface area contributed by atoms with Crippen molar-refractivity contribution in [1.82, 2.24) is 0 Å². The maximum Gasteiger partial charge on any atom is 0.337 e. The van der Waals surface area contributed by atoms with Crippen molar-refractivity contribution in [2.45, 2.75) is 11.3 Å². The summed E-state index contributed by atoms with van der Waals surface area (Å²) in [5.41, 5.74) is 0.909. The lowest BCUT2D eigenvalue weighted by Gasteiger charge is -2.29. The minimum absolute atomic E-state index is 0.00121. The Kier molecular flexibility index (Phi) is 6.96. The molecule has 1 aliphatic rings. The first-order chi connectivity index (χ1) is 14.7. The van der Waals surface area contributed by atoms with Crippen LogP contribution in [0.2, 0.25) is 0 Å². The molecule has 0 bridgehead atoms. The summed E-state index contributed by atoms with van der Waals surface area (Å²) in [6.45, 7) is 1.42. The molecule has 0 radical (unpaired) electrons. The number of sulfonamides is 1. The van der Waals surface area contributed by atoms with Crippen molar-refractivity contribution in [3.63, 3.8) is 0 Å². The van der Waals surface area contributed by atoms with Crippen molar-refractivity contribution in [3.05, 3.63) is 47.5 Å². The lowest BCUT2D eigenvalue weighted by Crippen LogP contribution is -2.33. The summed E-state index contributed by atoms with van der Waals surface area (Å²) in [5, 5.41) is 18.6. The zero-order chi connectivity index (χ0) is 22.6. The number of rotatable bonds is 8. The van der Waals surface area contributed by atoms with Crippen LogP contribution in [0.25, 0.3) is 0 Å². The fourth-order valence-electron chi connectivity index (χ4n) is 3.28. The molecule has 1 aliphatic heterocycles. The smallest absolute Gasteiger partial charge is 0.337 e. The van der Waals surface area contributed by atoms with Crippen molar-refractivity contribution >= 4 is 45.1 Å². The van der Waals surface area contributed by atoms with Gasteiger partial charge in [0.25, 0.3) is 10.0 Å². The van der Waals surface area contributed by atoms with Gasteiger partial charge in [-0.1, -0.05) is 6.07 Å². The number of thioether (sulfide) groups is 1. The number of nitrogens with zero attached hydrogens (tertiary/aromatic N) is 1. The predicted octanol–water partition coefficient (Wildman–Crippen LogP) is 2.37. The maximum atomic E-state index is 13.0. The van der Waals surface area contributed by atoms with E-state index in [1.807, 2.05) is 4.90 Å². The molecule has 0 unspecified atom stereocenters. The molecule has 2 aromatic rings. The van der Waals surface area contributed by atoms with Crippen LogP contribution in [-0.4, -0.2) is 62.3 Å². The quantitative estimate of drug-likeness (QED) is 0.536. The van der Waals surface area contributed by atoms with Crippen LogP contribution in [-0.2, 0) is 21.2 Å². The van der Waals surface area contributed by atoms with Crippen molar-refractivity contribution in [3.8, 4) is 5.75 Å². The maximum absolute atomic E-state index is 13.0. The molecular weight excluding hydrogens is 444 g/mol. The van der Waals surface area contributed by atoms with Crippen LogP contribution in [0.3, 0.4) is 0 Å². The van der Waals surface area contributed by atoms with Crippen LogP contribution in [0.1, 0.15) is 15.9 Å². The summed E-state index contributed by atoms with van der Waals surface area (Å²) in [6, 6.07) is 8.47. The Morgan fingerprint density at radius 3 is 2.45 bits per heavy atom. The van der Waals surface area contributed by atoms with Gasteiger partial charge in [0.1, 0.15) is 10.6 Å². The van der Waals surface area contributed by atoms with Gasteiger partial charge >= 0.3 is 11.9 Å². The van der Waals surface area contributed by atoms with E-state index in [2.05, 4.69) is 4.72 Å². The third-order valence-electron chi connectivity index (χ3n) is 4.70. The lowest BCUT2D eigenvalue weighted by atomic mass is 10.1. The van der Waals surface area contributed by atoms with Gasteiger partial charge in [-0.3, -0.25) is 9.52 Å². The Labute approximate surface area is 184 Å². The van der Waals surface area contributed by atoms with Crippen molar-refractivity contribution in [1.29, 1.82) is 0 Å². The van der Waals surface area contributed by atoms with E-state index < -0.39 is 22.0 Å². The van der Waals surface area contributed by atoms with Crippen molar-refractivity contribution < 1.29 is 33.0 Å². The zero-order valence-corrected chi connectivity index (χ0v) is 18.3. The second-order valence-corrected chi connectivity index (χ2v) is 9.67. The molecule has 1 saturated heterocycles. The van der Waals surface area contributed by atoms with Gasteiger partial charge in [-0.05, 0) is 35.9 Å². The molecule has 0 aromatic heterocycles. The average Bonchev–Trinajstić information content (AvgIpc) is 2.73. The summed E-state index contributed by atoms with van der Waals surface area (Å²) in [7, 11) is -2.87. The van der Waals surface area contributed by atoms with Crippen LogP contribution in [0.5, 0.6) is 5.75 Å². The Hall–Kier alpha value is -2.92. The highest BCUT2D eigenvalue weighted by atomic mass is 32.2. The van der Waals surface area contributed by atoms with E-state index >= 15 is 0 Å². The second-order valence-electron chi connectivity index (χ2n) is 6.80. The van der Waals surface area contributed by atoms with Gasteiger partial charge in [-0.15, -0.1) is 0 Å². The Bertz CT molecular complexity index is 1100. The molecule has 0 amide bonds. The van der Waals surface area contributed by atoms with E-state index in [0.29, 0.717) is 24.3 Å². The number of carboxylic acids is 2. The number of aliphatic carboxylic acids is 1. The first kappa shape index (κ1) is 22.8. The minimum Gasteiger partial charge on any atom is -0.495 e. The molecule has 0 spiro atoms. The van der Waals surface area contributed by atoms with E-state index in [9.17, 15) is 23.1 Å². The van der Waals surface area contributed by atoms with Gasteiger partial charge in [0.05, 0.1) is 24.8 Å². The lowest BCUT2D eigenvalue weighted by molar-refractivity contribution is -0.136. The predicted molar refractivity (Wildman–Crippen MR) is 118 cm³/mol. The van der Waals surface area contributed by atoms with E-state index in [1.54, 1.807) is 17.8 Å². The van der Waals surface area contributed by atoms with Gasteiger partial charge in [0, 0.05) is 30.3 Å². The number of hydrogen-bond donors (Lipinski definition) is 3. The number of ether oxygens (including phenoxy) is 1. The molecule has 166 valence electrons. The number of aromatic carboxylic acids is 1. The number of nitrogens with one attached hydrogen (secondary N) is 1. The third kappa shape index (κ3) is 5.42.